The first-order valence-electron chi connectivity index (χ1n) is 8.42. The molecule has 0 radical (unpaired) electrons. The Hall–Kier alpha value is -2.87. The van der Waals surface area contributed by atoms with E-state index in [0.29, 0.717) is 5.92 Å². The maximum atomic E-state index is 5.01. The van der Waals surface area contributed by atoms with Gasteiger partial charge in [0.15, 0.2) is 0 Å². The summed E-state index contributed by atoms with van der Waals surface area (Å²) in [6.45, 7) is 4.45. The van der Waals surface area contributed by atoms with Crippen molar-refractivity contribution in [2.75, 3.05) is 0 Å². The summed E-state index contributed by atoms with van der Waals surface area (Å²) in [5.41, 5.74) is 8.76. The number of hydrogen-bond donors (Lipinski definition) is 0. The van der Waals surface area contributed by atoms with Crippen molar-refractivity contribution in [3.63, 3.8) is 0 Å². The lowest BCUT2D eigenvalue weighted by Crippen LogP contribution is -2.12. The molecule has 5 rings (SSSR count). The van der Waals surface area contributed by atoms with Crippen molar-refractivity contribution < 1.29 is 0 Å². The van der Waals surface area contributed by atoms with Gasteiger partial charge in [0, 0.05) is 11.5 Å². The van der Waals surface area contributed by atoms with E-state index in [9.17, 15) is 0 Å². The average Bonchev–Trinajstić information content (AvgIpc) is 3.00. The minimum Gasteiger partial charge on any atom is -0.292 e. The fourth-order valence-electron chi connectivity index (χ4n) is 3.96. The molecule has 3 aromatic carbocycles. The fraction of sp³-hybridized carbons (Fsp3) is 0.136. The van der Waals surface area contributed by atoms with E-state index in [1.807, 2.05) is 6.07 Å². The van der Waals surface area contributed by atoms with Crippen molar-refractivity contribution in [3.8, 4) is 17.1 Å². The van der Waals surface area contributed by atoms with Crippen LogP contribution in [0, 0.1) is 6.92 Å². The molecule has 2 nitrogen and oxygen atoms in total. The summed E-state index contributed by atoms with van der Waals surface area (Å²) in [6, 6.07) is 23.7. The summed E-state index contributed by atoms with van der Waals surface area (Å²) in [4.78, 5) is 5.01. The second kappa shape index (κ2) is 4.81. The molecule has 24 heavy (non-hydrogen) atoms. The number of hydrogen-bond acceptors (Lipinski definition) is 1. The summed E-state index contributed by atoms with van der Waals surface area (Å²) in [7, 11) is 0. The van der Waals surface area contributed by atoms with E-state index < -0.39 is 0 Å². The largest absolute Gasteiger partial charge is 0.292 e. The van der Waals surface area contributed by atoms with Gasteiger partial charge in [-0.3, -0.25) is 4.57 Å². The number of benzene rings is 3. The molecular formula is C22H18N2. The van der Waals surface area contributed by atoms with Gasteiger partial charge in [0.05, 0.1) is 16.7 Å². The minimum atomic E-state index is 0.386. The van der Waals surface area contributed by atoms with Crippen LogP contribution in [0.4, 0.5) is 0 Å². The van der Waals surface area contributed by atoms with Gasteiger partial charge >= 0.3 is 0 Å². The zero-order chi connectivity index (χ0) is 16.3. The maximum absolute atomic E-state index is 5.01. The summed E-state index contributed by atoms with van der Waals surface area (Å²) < 4.78 is 2.34. The molecule has 2 heteroatoms. The molecule has 1 unspecified atom stereocenters. The Labute approximate surface area is 141 Å². The number of nitrogens with zero attached hydrogens (tertiary/aromatic N) is 2. The van der Waals surface area contributed by atoms with Crippen LogP contribution >= 0.6 is 0 Å². The number of aryl methyl sites for hydroxylation is 1. The van der Waals surface area contributed by atoms with Crippen molar-refractivity contribution in [1.82, 2.24) is 9.55 Å². The lowest BCUT2D eigenvalue weighted by molar-refractivity contribution is 0.872. The van der Waals surface area contributed by atoms with Gasteiger partial charge in [-0.2, -0.15) is 0 Å². The third kappa shape index (κ3) is 1.74. The van der Waals surface area contributed by atoms with Crippen LogP contribution in [0.15, 0.2) is 66.7 Å². The number of imidazole rings is 1. The Balaban J connectivity index is 1.97. The summed E-state index contributed by atoms with van der Waals surface area (Å²) >= 11 is 0. The van der Waals surface area contributed by atoms with Gasteiger partial charge in [0.1, 0.15) is 5.82 Å². The van der Waals surface area contributed by atoms with Crippen LogP contribution in [0.25, 0.3) is 28.1 Å². The van der Waals surface area contributed by atoms with Crippen LogP contribution < -0.4 is 0 Å². The van der Waals surface area contributed by atoms with E-state index in [0.717, 1.165) is 16.9 Å². The Kier molecular flexibility index (Phi) is 2.72. The topological polar surface area (TPSA) is 17.8 Å². The van der Waals surface area contributed by atoms with E-state index in [1.165, 1.54) is 27.9 Å². The van der Waals surface area contributed by atoms with Crippen molar-refractivity contribution >= 4 is 11.0 Å². The van der Waals surface area contributed by atoms with Crippen LogP contribution in [0.5, 0.6) is 0 Å². The quantitative estimate of drug-likeness (QED) is 0.456. The van der Waals surface area contributed by atoms with Crippen molar-refractivity contribution in [2.45, 2.75) is 19.8 Å². The molecule has 1 atom stereocenters. The zero-order valence-corrected chi connectivity index (χ0v) is 13.8. The molecule has 0 fully saturated rings. The summed E-state index contributed by atoms with van der Waals surface area (Å²) in [5, 5.41) is 0. The van der Waals surface area contributed by atoms with E-state index in [1.54, 1.807) is 0 Å². The van der Waals surface area contributed by atoms with Gasteiger partial charge in [-0.05, 0) is 35.7 Å². The molecule has 0 bridgehead atoms. The van der Waals surface area contributed by atoms with Gasteiger partial charge in [0.25, 0.3) is 0 Å². The zero-order valence-electron chi connectivity index (χ0n) is 13.8. The molecular weight excluding hydrogens is 292 g/mol. The molecule has 4 aromatic rings. The first kappa shape index (κ1) is 13.6. The number of aromatic nitrogens is 2. The number of rotatable bonds is 1. The van der Waals surface area contributed by atoms with Crippen molar-refractivity contribution in [1.29, 1.82) is 0 Å². The molecule has 116 valence electrons. The second-order valence-corrected chi connectivity index (χ2v) is 6.64. The molecule has 2 heterocycles. The Morgan fingerprint density at radius 2 is 1.62 bits per heavy atom. The maximum Gasteiger partial charge on any atom is 0.145 e. The van der Waals surface area contributed by atoms with Crippen molar-refractivity contribution in [2.24, 2.45) is 0 Å². The molecule has 0 saturated carbocycles. The standard InChI is InChI=1S/C22H18N2/c1-14-12-18-15(2)17-10-6-7-11-20(17)24-21(18)19(13-14)23-22(24)16-8-4-3-5-9-16/h3-13,15H,1-2H3. The number of para-hydroxylation sites is 1. The highest BCUT2D eigenvalue weighted by Gasteiger charge is 2.27. The average molecular weight is 310 g/mol. The van der Waals surface area contributed by atoms with Crippen LogP contribution in [-0.2, 0) is 0 Å². The van der Waals surface area contributed by atoms with E-state index in [4.69, 9.17) is 4.98 Å². The normalized spacial score (nSPS) is 15.5. The lowest BCUT2D eigenvalue weighted by atomic mass is 9.87. The fourth-order valence-corrected chi connectivity index (χ4v) is 3.96. The lowest BCUT2D eigenvalue weighted by Gasteiger charge is -2.26. The molecule has 1 aliphatic rings. The summed E-state index contributed by atoms with van der Waals surface area (Å²) in [5.74, 6) is 1.41. The number of fused-ring (bicyclic) bond motifs is 2. The third-order valence-electron chi connectivity index (χ3n) is 5.07. The Morgan fingerprint density at radius 1 is 0.875 bits per heavy atom. The van der Waals surface area contributed by atoms with E-state index in [2.05, 4.69) is 79.1 Å². The predicted molar refractivity (Wildman–Crippen MR) is 98.8 cm³/mol. The molecule has 0 N–H and O–H groups in total. The third-order valence-corrected chi connectivity index (χ3v) is 5.07. The second-order valence-electron chi connectivity index (χ2n) is 6.64. The predicted octanol–water partition coefficient (Wildman–Crippen LogP) is 5.47. The minimum absolute atomic E-state index is 0.386. The highest BCUT2D eigenvalue weighted by molar-refractivity contribution is 5.89. The molecule has 0 amide bonds. The van der Waals surface area contributed by atoms with Gasteiger partial charge < -0.3 is 0 Å². The van der Waals surface area contributed by atoms with E-state index >= 15 is 0 Å². The van der Waals surface area contributed by atoms with Gasteiger partial charge in [0.2, 0.25) is 0 Å². The molecule has 0 spiro atoms. The van der Waals surface area contributed by atoms with Gasteiger partial charge in [-0.25, -0.2) is 4.98 Å². The Morgan fingerprint density at radius 3 is 2.46 bits per heavy atom. The Bertz CT molecular complexity index is 1070. The molecule has 0 aliphatic carbocycles. The van der Waals surface area contributed by atoms with Crippen LogP contribution in [0.3, 0.4) is 0 Å². The molecule has 1 aliphatic heterocycles. The smallest absolute Gasteiger partial charge is 0.145 e. The molecule has 0 saturated heterocycles. The van der Waals surface area contributed by atoms with Gasteiger partial charge in [-0.1, -0.05) is 61.5 Å². The highest BCUT2D eigenvalue weighted by Crippen LogP contribution is 2.42. The van der Waals surface area contributed by atoms with Gasteiger partial charge in [-0.15, -0.1) is 0 Å². The van der Waals surface area contributed by atoms with Crippen LogP contribution in [0.1, 0.15) is 29.5 Å². The van der Waals surface area contributed by atoms with Crippen LogP contribution in [-0.4, -0.2) is 9.55 Å². The van der Waals surface area contributed by atoms with Crippen molar-refractivity contribution in [3.05, 3.63) is 83.4 Å². The van der Waals surface area contributed by atoms with Crippen LogP contribution in [0.2, 0.25) is 0 Å². The first-order chi connectivity index (χ1) is 11.7. The highest BCUT2D eigenvalue weighted by atomic mass is 15.1. The van der Waals surface area contributed by atoms with E-state index in [-0.39, 0.29) is 0 Å². The SMILES string of the molecule is Cc1cc2c3c(c1)nc(-c1ccccc1)n3-c1ccccc1C2C. The monoisotopic (exact) mass is 310 g/mol. The first-order valence-corrected chi connectivity index (χ1v) is 8.42. The molecule has 1 aromatic heterocycles. The summed E-state index contributed by atoms with van der Waals surface area (Å²) in [6.07, 6.45) is 0.